The van der Waals surface area contributed by atoms with Gasteiger partial charge in [0, 0.05) is 22.3 Å². The van der Waals surface area contributed by atoms with Crippen LogP contribution in [-0.4, -0.2) is 13.9 Å². The van der Waals surface area contributed by atoms with Crippen molar-refractivity contribution in [3.8, 4) is 44.9 Å². The molecule has 0 aromatic heterocycles. The zero-order valence-electron chi connectivity index (χ0n) is 29.2. The highest BCUT2D eigenvalue weighted by atomic mass is 32.2. The van der Waals surface area contributed by atoms with Crippen LogP contribution in [0.15, 0.2) is 36.4 Å². The second kappa shape index (κ2) is 12.3. The van der Waals surface area contributed by atoms with Gasteiger partial charge in [-0.2, -0.15) is 13.2 Å². The summed E-state index contributed by atoms with van der Waals surface area (Å²) in [5.41, 5.74) is 8.01. The summed E-state index contributed by atoms with van der Waals surface area (Å²) in [6.45, 7) is 11.8. The fourth-order valence-corrected chi connectivity index (χ4v) is 11.4. The molecule has 1 heterocycles. The zero-order valence-corrected chi connectivity index (χ0v) is 30.9. The molecule has 264 valence electrons. The van der Waals surface area contributed by atoms with E-state index >= 15 is 0 Å². The van der Waals surface area contributed by atoms with Crippen molar-refractivity contribution in [2.45, 2.75) is 98.4 Å². The molecule has 0 saturated heterocycles. The topological polar surface area (TPSA) is 81.7 Å². The molecular weight excluding hydrogens is 682 g/mol. The molecule has 1 aliphatic heterocycles. The lowest BCUT2D eigenvalue weighted by molar-refractivity contribution is -0.0443. The number of rotatable bonds is 4. The van der Waals surface area contributed by atoms with Gasteiger partial charge in [-0.05, 0) is 161 Å². The van der Waals surface area contributed by atoms with E-state index in [9.17, 15) is 26.2 Å². The highest BCUT2D eigenvalue weighted by Crippen LogP contribution is 2.63. The minimum absolute atomic E-state index is 0.0786. The van der Waals surface area contributed by atoms with Gasteiger partial charge in [0.15, 0.2) is 0 Å². The van der Waals surface area contributed by atoms with Crippen molar-refractivity contribution >= 4 is 17.8 Å². The molecule has 0 unspecified atom stereocenters. The number of sulfonamides is 1. The van der Waals surface area contributed by atoms with Crippen molar-refractivity contribution in [1.29, 1.82) is 0 Å². The van der Waals surface area contributed by atoms with E-state index in [0.717, 1.165) is 105 Å². The van der Waals surface area contributed by atoms with E-state index in [1.807, 2.05) is 77.9 Å². The molecule has 2 aliphatic carbocycles. The van der Waals surface area contributed by atoms with Crippen molar-refractivity contribution in [3.63, 3.8) is 0 Å². The Kier molecular flexibility index (Phi) is 8.55. The molecule has 4 aromatic carbocycles. The predicted octanol–water partition coefficient (Wildman–Crippen LogP) is 10.6. The summed E-state index contributed by atoms with van der Waals surface area (Å²) in [5, 5.41) is 0. The molecule has 0 saturated carbocycles. The lowest BCUT2D eigenvalue weighted by atomic mass is 9.76. The number of benzene rings is 4. The van der Waals surface area contributed by atoms with Crippen LogP contribution in [0.2, 0.25) is 0 Å². The molecule has 0 spiro atoms. The normalized spacial score (nSPS) is 16.7. The first-order valence-corrected chi connectivity index (χ1v) is 20.1. The minimum atomic E-state index is -6.17. The zero-order chi connectivity index (χ0) is 35.9. The number of alkyl halides is 3. The number of hydrogen-bond donors (Lipinski definition) is 1. The maximum absolute atomic E-state index is 15.0. The summed E-state index contributed by atoms with van der Waals surface area (Å²) >= 11 is 0. The molecule has 0 amide bonds. The number of aryl methyl sites for hydroxylation is 8. The SMILES string of the molecule is Cc1cc(C)c(-c2cc3c(c4c2OP(=O)(NS(=O)(=O)C(F)(F)F)Oc2c(-c5c(C)cc(C)cc5C)cc5c(c2-4)CCCC5)CCCC3)c(C)c1. The molecule has 50 heavy (non-hydrogen) atoms. The summed E-state index contributed by atoms with van der Waals surface area (Å²) in [4.78, 5) is 0. The molecule has 0 atom stereocenters. The van der Waals surface area contributed by atoms with Crippen LogP contribution < -0.4 is 13.5 Å². The first-order valence-electron chi connectivity index (χ1n) is 17.1. The molecule has 11 heteroatoms. The van der Waals surface area contributed by atoms with Crippen molar-refractivity contribution in [2.75, 3.05) is 0 Å². The van der Waals surface area contributed by atoms with Crippen LogP contribution in [0.3, 0.4) is 0 Å². The maximum Gasteiger partial charge on any atom is 0.526 e. The van der Waals surface area contributed by atoms with Gasteiger partial charge in [-0.15, -0.1) is 0 Å². The summed E-state index contributed by atoms with van der Waals surface area (Å²) < 4.78 is 96.4. The minimum Gasteiger partial charge on any atom is -0.403 e. The van der Waals surface area contributed by atoms with Crippen LogP contribution in [0.25, 0.3) is 33.4 Å². The van der Waals surface area contributed by atoms with Gasteiger partial charge >= 0.3 is 23.3 Å². The largest absolute Gasteiger partial charge is 0.526 e. The first-order chi connectivity index (χ1) is 23.5. The van der Waals surface area contributed by atoms with Gasteiger partial charge in [-0.3, -0.25) is 0 Å². The van der Waals surface area contributed by atoms with Gasteiger partial charge in [-0.25, -0.2) is 13.0 Å². The van der Waals surface area contributed by atoms with Gasteiger partial charge < -0.3 is 9.05 Å². The fraction of sp³-hybridized carbons (Fsp3) is 0.385. The Bertz CT molecular complexity index is 2080. The van der Waals surface area contributed by atoms with Crippen LogP contribution in [0.4, 0.5) is 13.2 Å². The Morgan fingerprint density at radius 1 is 0.600 bits per heavy atom. The number of halogens is 3. The van der Waals surface area contributed by atoms with E-state index in [4.69, 9.17) is 9.05 Å². The van der Waals surface area contributed by atoms with Gasteiger partial charge in [0.25, 0.3) is 0 Å². The standard InChI is InChI=1S/C39H41F3NO5PS/c1-21-15-23(3)33(24(4)16-21)31-19-27-11-7-9-13-29(27)35-36-30-14-10-8-12-28(30)20-32(34-25(5)17-22(2)18-26(34)6)38(36)48-49(44,47-37(31)35)43-50(45,46)39(40,41)42/h15-20H,7-14H2,1-6H3,(H,43,44). The molecule has 1 N–H and O–H groups in total. The first kappa shape index (κ1) is 34.8. The van der Waals surface area contributed by atoms with Crippen molar-refractivity contribution < 1.29 is 35.2 Å². The second-order valence-corrected chi connectivity index (χ2v) is 17.8. The van der Waals surface area contributed by atoms with E-state index in [1.54, 1.807) is 0 Å². The van der Waals surface area contributed by atoms with Crippen molar-refractivity contribution in [1.82, 2.24) is 4.49 Å². The van der Waals surface area contributed by atoms with Gasteiger partial charge in [0.05, 0.1) is 0 Å². The Morgan fingerprint density at radius 2 is 0.960 bits per heavy atom. The molecule has 0 radical (unpaired) electrons. The van der Waals surface area contributed by atoms with Crippen molar-refractivity contribution in [2.24, 2.45) is 0 Å². The molecule has 6 nitrogen and oxygen atoms in total. The molecule has 3 aliphatic rings. The highest BCUT2D eigenvalue weighted by Gasteiger charge is 2.53. The fourth-order valence-electron chi connectivity index (χ4n) is 8.56. The summed E-state index contributed by atoms with van der Waals surface area (Å²) in [7, 11) is -11.5. The molecule has 4 aromatic rings. The van der Waals surface area contributed by atoms with E-state index in [2.05, 4.69) is 0 Å². The number of fused-ring (bicyclic) bond motifs is 7. The lowest BCUT2D eigenvalue weighted by Gasteiger charge is -2.28. The van der Waals surface area contributed by atoms with Crippen LogP contribution in [0.5, 0.6) is 11.5 Å². The third-order valence-corrected chi connectivity index (χ3v) is 13.6. The molecule has 7 rings (SSSR count). The van der Waals surface area contributed by atoms with Gasteiger partial charge in [0.2, 0.25) is 0 Å². The van der Waals surface area contributed by atoms with E-state index in [1.165, 1.54) is 4.49 Å². The Hall–Kier alpha value is -3.59. The molecular formula is C39H41F3NO5PS. The predicted molar refractivity (Wildman–Crippen MR) is 191 cm³/mol. The number of nitrogens with one attached hydrogen (secondary N) is 1. The summed E-state index contributed by atoms with van der Waals surface area (Å²) in [5.74, 6) is 0.157. The summed E-state index contributed by atoms with van der Waals surface area (Å²) in [6, 6.07) is 12.1. The van der Waals surface area contributed by atoms with Crippen LogP contribution in [0, 0.1) is 41.5 Å². The summed E-state index contributed by atoms with van der Waals surface area (Å²) in [6.07, 6.45) is 6.61. The third kappa shape index (κ3) is 5.87. The van der Waals surface area contributed by atoms with Crippen LogP contribution in [0.1, 0.15) is 81.3 Å². The maximum atomic E-state index is 15.0. The average Bonchev–Trinajstić information content (AvgIpc) is 3.13. The number of hydrogen-bond acceptors (Lipinski definition) is 5. The Balaban J connectivity index is 1.68. The molecule has 0 bridgehead atoms. The van der Waals surface area contributed by atoms with E-state index < -0.39 is 23.3 Å². The third-order valence-electron chi connectivity index (χ3n) is 10.3. The quantitative estimate of drug-likeness (QED) is 0.212. The van der Waals surface area contributed by atoms with Crippen LogP contribution >= 0.6 is 7.75 Å². The lowest BCUT2D eigenvalue weighted by Crippen LogP contribution is -2.36. The van der Waals surface area contributed by atoms with Gasteiger partial charge in [0.1, 0.15) is 11.5 Å². The average molecular weight is 724 g/mol. The van der Waals surface area contributed by atoms with E-state index in [-0.39, 0.29) is 11.5 Å². The highest BCUT2D eigenvalue weighted by molar-refractivity contribution is 7.95. The van der Waals surface area contributed by atoms with Crippen LogP contribution in [-0.2, 0) is 40.3 Å². The van der Waals surface area contributed by atoms with Crippen molar-refractivity contribution in [3.05, 3.63) is 92.0 Å². The van der Waals surface area contributed by atoms with E-state index in [0.29, 0.717) is 35.1 Å². The Morgan fingerprint density at radius 3 is 1.32 bits per heavy atom. The molecule has 0 fully saturated rings. The van der Waals surface area contributed by atoms with Gasteiger partial charge in [-0.1, -0.05) is 39.9 Å². The monoisotopic (exact) mass is 723 g/mol. The smallest absolute Gasteiger partial charge is 0.403 e. The second-order valence-electron chi connectivity index (χ2n) is 14.2. The Labute approximate surface area is 292 Å².